The number of fused-ring (bicyclic) bond motifs is 1. The van der Waals surface area contributed by atoms with Gasteiger partial charge in [-0.3, -0.25) is 9.59 Å². The van der Waals surface area contributed by atoms with Crippen LogP contribution in [0.2, 0.25) is 0 Å². The van der Waals surface area contributed by atoms with E-state index >= 15 is 0 Å². The second-order valence-corrected chi connectivity index (χ2v) is 5.19. The molecule has 1 aromatic carbocycles. The van der Waals surface area contributed by atoms with E-state index in [2.05, 4.69) is 4.74 Å². The number of thioether (sulfide) groups is 1. The van der Waals surface area contributed by atoms with E-state index < -0.39 is 11.9 Å². The molecule has 1 amide bonds. The Kier molecular flexibility index (Phi) is 4.21. The van der Waals surface area contributed by atoms with Crippen molar-refractivity contribution >= 4 is 29.9 Å². The first-order valence-corrected chi connectivity index (χ1v) is 6.72. The Morgan fingerprint density at radius 2 is 2.21 bits per heavy atom. The number of aldehydes is 1. The van der Waals surface area contributed by atoms with E-state index in [4.69, 9.17) is 0 Å². The van der Waals surface area contributed by atoms with Gasteiger partial charge in [-0.1, -0.05) is 6.07 Å². The number of ether oxygens (including phenoxy) is 1. The lowest BCUT2D eigenvalue weighted by Crippen LogP contribution is -2.37. The maximum absolute atomic E-state index is 11.8. The van der Waals surface area contributed by atoms with Gasteiger partial charge in [0.05, 0.1) is 7.11 Å². The Labute approximate surface area is 114 Å². The molecule has 5 nitrogen and oxygen atoms in total. The monoisotopic (exact) mass is 279 g/mol. The van der Waals surface area contributed by atoms with Crippen LogP contribution in [0.15, 0.2) is 23.1 Å². The second-order valence-electron chi connectivity index (χ2n) is 4.05. The van der Waals surface area contributed by atoms with E-state index in [0.717, 1.165) is 16.7 Å². The summed E-state index contributed by atoms with van der Waals surface area (Å²) in [6.07, 6.45) is 0.766. The van der Waals surface area contributed by atoms with Crippen LogP contribution >= 0.6 is 11.8 Å². The highest BCUT2D eigenvalue weighted by molar-refractivity contribution is 7.99. The molecule has 100 valence electrons. The van der Waals surface area contributed by atoms with Crippen molar-refractivity contribution in [2.75, 3.05) is 19.4 Å². The molecule has 1 aromatic rings. The van der Waals surface area contributed by atoms with Gasteiger partial charge in [0.25, 0.3) is 0 Å². The minimum atomic E-state index is -0.861. The predicted molar refractivity (Wildman–Crippen MR) is 70.0 cm³/mol. The molecule has 6 heteroatoms. The topological polar surface area (TPSA) is 63.7 Å². The maximum Gasteiger partial charge on any atom is 0.396 e. The van der Waals surface area contributed by atoms with Gasteiger partial charge in [-0.15, -0.1) is 11.8 Å². The van der Waals surface area contributed by atoms with E-state index in [1.54, 1.807) is 23.9 Å². The van der Waals surface area contributed by atoms with E-state index in [-0.39, 0.29) is 0 Å². The van der Waals surface area contributed by atoms with Gasteiger partial charge < -0.3 is 9.64 Å². The molecule has 0 saturated heterocycles. The van der Waals surface area contributed by atoms with Gasteiger partial charge in [-0.2, -0.15) is 0 Å². The third-order valence-electron chi connectivity index (χ3n) is 2.85. The van der Waals surface area contributed by atoms with Crippen LogP contribution in [0.1, 0.15) is 15.9 Å². The van der Waals surface area contributed by atoms with Crippen molar-refractivity contribution < 1.29 is 19.1 Å². The highest BCUT2D eigenvalue weighted by Crippen LogP contribution is 2.28. The largest absolute Gasteiger partial charge is 0.462 e. The molecule has 0 atom stereocenters. The second kappa shape index (κ2) is 5.88. The molecule has 0 aromatic heterocycles. The highest BCUT2D eigenvalue weighted by atomic mass is 32.2. The molecule has 0 saturated carbocycles. The zero-order valence-corrected chi connectivity index (χ0v) is 11.2. The van der Waals surface area contributed by atoms with Crippen LogP contribution in [0.25, 0.3) is 0 Å². The number of benzene rings is 1. The summed E-state index contributed by atoms with van der Waals surface area (Å²) in [5, 5.41) is 0. The van der Waals surface area contributed by atoms with E-state index in [1.165, 1.54) is 12.0 Å². The summed E-state index contributed by atoms with van der Waals surface area (Å²) in [4.78, 5) is 36.4. The van der Waals surface area contributed by atoms with Crippen molar-refractivity contribution in [2.24, 2.45) is 0 Å². The predicted octanol–water partition coefficient (Wildman–Crippen LogP) is 1.11. The number of methoxy groups -OCH3 is 1. The molecule has 0 bridgehead atoms. The third kappa shape index (κ3) is 2.96. The van der Waals surface area contributed by atoms with Gasteiger partial charge in [0.15, 0.2) is 0 Å². The molecule has 0 aliphatic carbocycles. The molecular weight excluding hydrogens is 266 g/mol. The Bertz CT molecular complexity index is 529. The Morgan fingerprint density at radius 1 is 1.42 bits per heavy atom. The lowest BCUT2D eigenvalue weighted by Gasteiger charge is -2.18. The van der Waals surface area contributed by atoms with Crippen molar-refractivity contribution in [1.82, 2.24) is 4.90 Å². The number of rotatable bonds is 1. The van der Waals surface area contributed by atoms with Gasteiger partial charge in [-0.25, -0.2) is 4.79 Å². The van der Waals surface area contributed by atoms with Crippen molar-refractivity contribution in [3.8, 4) is 0 Å². The third-order valence-corrected chi connectivity index (χ3v) is 3.94. The van der Waals surface area contributed by atoms with Gasteiger partial charge in [-0.05, 0) is 17.7 Å². The molecule has 0 N–H and O–H groups in total. The summed E-state index contributed by atoms with van der Waals surface area (Å²) in [6.45, 7) is 0.793. The summed E-state index contributed by atoms with van der Waals surface area (Å²) in [5.74, 6) is -0.802. The number of nitrogens with zero attached hydrogens (tertiary/aromatic N) is 1. The zero-order valence-electron chi connectivity index (χ0n) is 10.4. The van der Waals surface area contributed by atoms with Gasteiger partial charge in [0.1, 0.15) is 6.29 Å². The molecule has 1 aliphatic heterocycles. The van der Waals surface area contributed by atoms with E-state index in [0.29, 0.717) is 24.4 Å². The Hall–Kier alpha value is -1.82. The lowest BCUT2D eigenvalue weighted by atomic mass is 10.1. The molecule has 0 unspecified atom stereocenters. The van der Waals surface area contributed by atoms with Gasteiger partial charge >= 0.3 is 11.9 Å². The van der Waals surface area contributed by atoms with Gasteiger partial charge in [0.2, 0.25) is 0 Å². The van der Waals surface area contributed by atoms with Gasteiger partial charge in [0, 0.05) is 29.3 Å². The Morgan fingerprint density at radius 3 is 2.89 bits per heavy atom. The smallest absolute Gasteiger partial charge is 0.396 e. The highest BCUT2D eigenvalue weighted by Gasteiger charge is 2.25. The van der Waals surface area contributed by atoms with Crippen LogP contribution in [-0.2, 0) is 20.9 Å². The fourth-order valence-corrected chi connectivity index (χ4v) is 2.88. The van der Waals surface area contributed by atoms with Crippen LogP contribution in [0, 0.1) is 0 Å². The van der Waals surface area contributed by atoms with Crippen LogP contribution in [0.5, 0.6) is 0 Å². The number of amides is 1. The van der Waals surface area contributed by atoms with Crippen molar-refractivity contribution in [1.29, 1.82) is 0 Å². The number of hydrogen-bond donors (Lipinski definition) is 0. The van der Waals surface area contributed by atoms with Crippen molar-refractivity contribution in [2.45, 2.75) is 11.4 Å². The molecule has 2 rings (SSSR count). The average Bonchev–Trinajstić information content (AvgIpc) is 2.66. The molecule has 0 fully saturated rings. The van der Waals surface area contributed by atoms with E-state index in [9.17, 15) is 14.4 Å². The summed E-state index contributed by atoms with van der Waals surface area (Å²) in [5.41, 5.74) is 1.44. The zero-order chi connectivity index (χ0) is 13.8. The van der Waals surface area contributed by atoms with Crippen LogP contribution in [0.4, 0.5) is 0 Å². The molecule has 1 heterocycles. The molecule has 19 heavy (non-hydrogen) atoms. The first-order chi connectivity index (χ1) is 9.15. The summed E-state index contributed by atoms with van der Waals surface area (Å²) in [6, 6.07) is 5.37. The van der Waals surface area contributed by atoms with E-state index in [1.807, 2.05) is 6.07 Å². The first-order valence-electron chi connectivity index (χ1n) is 5.74. The molecular formula is C13H13NO4S. The minimum absolute atomic E-state index is 0.317. The molecule has 0 spiro atoms. The standard InChI is InChI=1S/C13H13NO4S/c1-18-13(17)12(16)14-4-5-19-11-3-2-9(8-15)6-10(11)7-14/h2-3,6,8H,4-5,7H2,1H3. The summed E-state index contributed by atoms with van der Waals surface area (Å²) in [7, 11) is 1.19. The summed E-state index contributed by atoms with van der Waals surface area (Å²) >= 11 is 1.61. The fraction of sp³-hybridized carbons (Fsp3) is 0.308. The minimum Gasteiger partial charge on any atom is -0.462 e. The van der Waals surface area contributed by atoms with Crippen molar-refractivity contribution in [3.05, 3.63) is 29.3 Å². The number of carbonyl (C=O) groups excluding carboxylic acids is 3. The van der Waals surface area contributed by atoms with Crippen molar-refractivity contribution in [3.63, 3.8) is 0 Å². The number of carbonyl (C=O) groups is 3. The maximum atomic E-state index is 11.8. The SMILES string of the molecule is COC(=O)C(=O)N1CCSc2ccc(C=O)cc2C1. The molecule has 1 aliphatic rings. The van der Waals surface area contributed by atoms with Crippen LogP contribution in [0.3, 0.4) is 0 Å². The first kappa shape index (κ1) is 13.6. The normalized spacial score (nSPS) is 14.3. The average molecular weight is 279 g/mol. The fourth-order valence-electron chi connectivity index (χ4n) is 1.88. The number of esters is 1. The quantitative estimate of drug-likeness (QED) is 0.438. The lowest BCUT2D eigenvalue weighted by molar-refractivity contribution is -0.158. The summed E-state index contributed by atoms with van der Waals surface area (Å²) < 4.78 is 4.45. The molecule has 0 radical (unpaired) electrons. The Balaban J connectivity index is 2.26. The van der Waals surface area contributed by atoms with Crippen LogP contribution in [-0.4, -0.2) is 42.5 Å². The number of hydrogen-bond acceptors (Lipinski definition) is 5. The van der Waals surface area contributed by atoms with Crippen LogP contribution < -0.4 is 0 Å².